The molecule has 9 nitrogen and oxygen atoms in total. The number of fused-ring (bicyclic) bond motifs is 7. The van der Waals surface area contributed by atoms with Crippen molar-refractivity contribution >= 4 is 32.3 Å². The molecule has 69 heavy (non-hydrogen) atoms. The maximum absolute atomic E-state index is 10.8. The van der Waals surface area contributed by atoms with Gasteiger partial charge in [0.15, 0.2) is 0 Å². The number of hydrogen-bond donors (Lipinski definition) is 1. The smallest absolute Gasteiger partial charge is 0.115 e. The lowest BCUT2D eigenvalue weighted by atomic mass is 9.87. The predicted molar refractivity (Wildman–Crippen MR) is 269 cm³/mol. The molecule has 1 unspecified atom stereocenters. The summed E-state index contributed by atoms with van der Waals surface area (Å²) in [5.74, 6) is 0. The summed E-state index contributed by atoms with van der Waals surface area (Å²) in [5.41, 5.74) is 3.27. The van der Waals surface area contributed by atoms with E-state index in [0.717, 1.165) is 22.1 Å². The van der Waals surface area contributed by atoms with Crippen molar-refractivity contribution in [2.24, 2.45) is 0 Å². The van der Waals surface area contributed by atoms with Gasteiger partial charge in [0.05, 0.1) is 69.2 Å². The maximum Gasteiger partial charge on any atom is 0.115 e. The summed E-state index contributed by atoms with van der Waals surface area (Å²) in [7, 11) is 0. The zero-order valence-electron chi connectivity index (χ0n) is 38.7. The summed E-state index contributed by atoms with van der Waals surface area (Å²) < 4.78 is 54.4. The molecule has 354 valence electrons. The van der Waals surface area contributed by atoms with E-state index in [4.69, 9.17) is 37.9 Å². The van der Waals surface area contributed by atoms with Crippen molar-refractivity contribution in [1.82, 2.24) is 0 Å². The van der Waals surface area contributed by atoms with Gasteiger partial charge in [-0.1, -0.05) is 164 Å². The second-order valence-electron chi connectivity index (χ2n) is 18.9. The van der Waals surface area contributed by atoms with Crippen molar-refractivity contribution in [1.29, 1.82) is 0 Å². The zero-order chi connectivity index (χ0) is 46.5. The molecule has 13 atom stereocenters. The summed E-state index contributed by atoms with van der Waals surface area (Å²) in [6.07, 6.45) is 14.3. The highest BCUT2D eigenvalue weighted by atomic mass is 16.6. The van der Waals surface area contributed by atoms with E-state index in [1.165, 1.54) is 26.9 Å². The van der Waals surface area contributed by atoms with Gasteiger partial charge in [-0.3, -0.25) is 0 Å². The van der Waals surface area contributed by atoms with Crippen molar-refractivity contribution < 1.29 is 43.0 Å². The Balaban J connectivity index is 0.834. The number of aliphatic hydroxyl groups excluding tert-OH is 1. The van der Waals surface area contributed by atoms with Crippen molar-refractivity contribution in [3.8, 4) is 0 Å². The van der Waals surface area contributed by atoms with Gasteiger partial charge in [-0.15, -0.1) is 6.58 Å². The molecule has 0 aromatic heterocycles. The molecule has 2 saturated heterocycles. The zero-order valence-corrected chi connectivity index (χ0v) is 38.7. The highest BCUT2D eigenvalue weighted by molar-refractivity contribution is 5.84. The van der Waals surface area contributed by atoms with Gasteiger partial charge in [0.25, 0.3) is 0 Å². The Hall–Kier alpha value is -5.56. The van der Waals surface area contributed by atoms with Crippen LogP contribution in [-0.2, 0) is 57.7 Å². The van der Waals surface area contributed by atoms with Crippen LogP contribution < -0.4 is 0 Å². The Bertz CT molecular complexity index is 2850. The van der Waals surface area contributed by atoms with E-state index in [0.29, 0.717) is 45.7 Å². The Morgan fingerprint density at radius 1 is 0.580 bits per heavy atom. The average Bonchev–Trinajstić information content (AvgIpc) is 3.76. The first kappa shape index (κ1) is 45.9. The minimum absolute atomic E-state index is 0.294. The number of rotatable bonds is 14. The predicted octanol–water partition coefficient (Wildman–Crippen LogP) is 10.6. The van der Waals surface area contributed by atoms with E-state index in [1.54, 1.807) is 12.2 Å². The van der Waals surface area contributed by atoms with Crippen LogP contribution in [0.5, 0.6) is 0 Å². The molecule has 5 aliphatic heterocycles. The van der Waals surface area contributed by atoms with E-state index < -0.39 is 48.8 Å². The molecule has 2 fully saturated rings. The van der Waals surface area contributed by atoms with Crippen LogP contribution in [0.1, 0.15) is 36.0 Å². The molecule has 0 saturated carbocycles. The summed E-state index contributed by atoms with van der Waals surface area (Å²) >= 11 is 0. The average molecular weight is 925 g/mol. The summed E-state index contributed by atoms with van der Waals surface area (Å²) in [4.78, 5) is 0. The van der Waals surface area contributed by atoms with Gasteiger partial charge in [0.2, 0.25) is 0 Å². The van der Waals surface area contributed by atoms with Gasteiger partial charge in [-0.2, -0.15) is 0 Å². The topological polar surface area (TPSA) is 94.1 Å². The maximum atomic E-state index is 10.8. The van der Waals surface area contributed by atoms with Crippen LogP contribution in [0.4, 0.5) is 0 Å². The highest BCUT2D eigenvalue weighted by Gasteiger charge is 2.54. The van der Waals surface area contributed by atoms with Gasteiger partial charge < -0.3 is 43.0 Å². The lowest BCUT2D eigenvalue weighted by Crippen LogP contribution is -2.64. The van der Waals surface area contributed by atoms with Crippen molar-refractivity contribution in [3.05, 3.63) is 205 Å². The third kappa shape index (κ3) is 10.6. The van der Waals surface area contributed by atoms with Crippen molar-refractivity contribution in [2.45, 2.75) is 118 Å². The molecule has 6 aromatic rings. The monoisotopic (exact) mass is 924 g/mol. The van der Waals surface area contributed by atoms with Crippen molar-refractivity contribution in [2.75, 3.05) is 6.61 Å². The highest BCUT2D eigenvalue weighted by Crippen LogP contribution is 2.41. The van der Waals surface area contributed by atoms with Crippen LogP contribution in [-0.4, -0.2) is 91.1 Å². The number of hydrogen-bond acceptors (Lipinski definition) is 9. The summed E-state index contributed by atoms with van der Waals surface area (Å²) in [5, 5.41) is 17.9. The van der Waals surface area contributed by atoms with Gasteiger partial charge in [-0.05, 0) is 80.0 Å². The fourth-order valence-electron chi connectivity index (χ4n) is 10.4. The molecule has 0 spiro atoms. The van der Waals surface area contributed by atoms with E-state index in [9.17, 15) is 5.11 Å². The third-order valence-corrected chi connectivity index (χ3v) is 14.1. The van der Waals surface area contributed by atoms with Gasteiger partial charge >= 0.3 is 0 Å². The standard InChI is InChI=1S/C60H60O9/c1-2-10-51-50(61)27-28-52-53(66-51)29-30-54-56(67-52)34-57-59(69-54)60(64-37-41-21-24-44-13-5-8-16-47(44)33-41)58-55(68-57)18-9-17-48(65-58)25-26-49(63-36-40-20-23-43-12-4-7-15-46(43)32-40)38-62-35-39-19-22-42-11-3-6-14-45(42)31-39/h2-9,11-17,19-33,48-61H,1,10,18,34-38H2/b26-25+/t48-,49+,50+,51?,52-,53+,54-,55+,56+,57-,58+,59-,60-/m1/s1. The molecule has 11 rings (SSSR count). The van der Waals surface area contributed by atoms with E-state index in [-0.39, 0.29) is 30.5 Å². The molecular weight excluding hydrogens is 865 g/mol. The van der Waals surface area contributed by atoms with Crippen molar-refractivity contribution in [3.63, 3.8) is 0 Å². The fourth-order valence-corrected chi connectivity index (χ4v) is 10.4. The molecule has 5 aliphatic rings. The van der Waals surface area contributed by atoms with Crippen LogP contribution >= 0.6 is 0 Å². The minimum atomic E-state index is -0.751. The van der Waals surface area contributed by atoms with Crippen LogP contribution in [0.25, 0.3) is 32.3 Å². The Morgan fingerprint density at radius 2 is 1.17 bits per heavy atom. The van der Waals surface area contributed by atoms with E-state index in [1.807, 2.05) is 12.2 Å². The molecule has 9 heteroatoms. The van der Waals surface area contributed by atoms with Gasteiger partial charge in [-0.25, -0.2) is 0 Å². The Morgan fingerprint density at radius 3 is 1.86 bits per heavy atom. The van der Waals surface area contributed by atoms with Crippen LogP contribution in [0.15, 0.2) is 189 Å². The summed E-state index contributed by atoms with van der Waals surface area (Å²) in [6.45, 7) is 5.48. The third-order valence-electron chi connectivity index (χ3n) is 14.1. The summed E-state index contributed by atoms with van der Waals surface area (Å²) in [6, 6.07) is 44.5. The molecule has 0 radical (unpaired) electrons. The lowest BCUT2D eigenvalue weighted by molar-refractivity contribution is -0.297. The van der Waals surface area contributed by atoms with Crippen LogP contribution in [0.3, 0.4) is 0 Å². The second kappa shape index (κ2) is 21.2. The Kier molecular flexibility index (Phi) is 14.1. The lowest BCUT2D eigenvalue weighted by Gasteiger charge is -2.51. The first-order chi connectivity index (χ1) is 34.0. The molecule has 0 aliphatic carbocycles. The SMILES string of the molecule is C=CCC1O[C@H]2C=C[C@H]3O[C@H]4[C@H](OCc5ccc6ccccc6c5)[C@H]5O[C@@H](/C=C/[C@@H](COCc6ccc7ccccc7c6)OCc6ccc7ccccc7c6)C=CC[C@@H]5O[C@@H]4C[C@@H]3O[C@@H]2C=C[C@@H]1O. The van der Waals surface area contributed by atoms with E-state index >= 15 is 0 Å². The normalized spacial score (nSPS) is 30.2. The van der Waals surface area contributed by atoms with E-state index in [2.05, 4.69) is 164 Å². The fraction of sp³-hybridized carbons (Fsp3) is 0.333. The Labute approximate surface area is 404 Å². The quantitative estimate of drug-likeness (QED) is 0.107. The number of benzene rings is 6. The molecule has 6 aromatic carbocycles. The molecule has 0 amide bonds. The second-order valence-corrected chi connectivity index (χ2v) is 18.9. The van der Waals surface area contributed by atoms with Crippen LogP contribution in [0, 0.1) is 0 Å². The van der Waals surface area contributed by atoms with Gasteiger partial charge in [0.1, 0.15) is 36.6 Å². The first-order valence-corrected chi connectivity index (χ1v) is 24.5. The number of ether oxygens (including phenoxy) is 8. The molecular formula is C60H60O9. The largest absolute Gasteiger partial charge is 0.386 e. The molecule has 1 N–H and O–H groups in total. The minimum Gasteiger partial charge on any atom is -0.386 e. The first-order valence-electron chi connectivity index (χ1n) is 24.5. The number of aliphatic hydroxyl groups is 1. The molecule has 5 heterocycles. The van der Waals surface area contributed by atoms with Gasteiger partial charge in [0, 0.05) is 6.42 Å². The molecule has 0 bridgehead atoms. The van der Waals surface area contributed by atoms with Crippen LogP contribution in [0.2, 0.25) is 0 Å².